The van der Waals surface area contributed by atoms with E-state index in [1.54, 1.807) is 6.92 Å². The van der Waals surface area contributed by atoms with Gasteiger partial charge < -0.3 is 5.84 Å². The average molecular weight is 116 g/mol. The van der Waals surface area contributed by atoms with Gasteiger partial charge in [-0.1, -0.05) is 10.4 Å². The molecule has 0 heterocycles. The third-order valence-electron chi connectivity index (χ3n) is 0.603. The molecule has 46 valence electrons. The lowest BCUT2D eigenvalue weighted by atomic mass is 10.4. The van der Waals surface area contributed by atoms with Crippen molar-refractivity contribution < 1.29 is 0 Å². The first-order valence-corrected chi connectivity index (χ1v) is 2.20. The summed E-state index contributed by atoms with van der Waals surface area (Å²) in [4.78, 5) is 9.50. The van der Waals surface area contributed by atoms with E-state index in [1.807, 2.05) is 0 Å². The maximum absolute atomic E-state index is 9.50. The fraction of sp³-hybridized carbons (Fsp3) is 1.00. The third-order valence-corrected chi connectivity index (χ3v) is 0.603. The second-order valence-corrected chi connectivity index (χ2v) is 1.39. The Bertz CT molecular complexity index is 91.3. The molecule has 8 heavy (non-hydrogen) atoms. The van der Waals surface area contributed by atoms with Gasteiger partial charge >= 0.3 is 0 Å². The van der Waals surface area contributed by atoms with Crippen LogP contribution in [-0.4, -0.2) is 12.6 Å². The van der Waals surface area contributed by atoms with E-state index in [-0.39, 0.29) is 12.6 Å². The number of rotatable bonds is 3. The minimum atomic E-state index is -0.183. The van der Waals surface area contributed by atoms with E-state index >= 15 is 0 Å². The third kappa shape index (κ3) is 3.20. The van der Waals surface area contributed by atoms with Gasteiger partial charge in [-0.15, -0.1) is 0 Å². The molecule has 0 aliphatic carbocycles. The van der Waals surface area contributed by atoms with Crippen molar-refractivity contribution in [3.8, 4) is 0 Å². The van der Waals surface area contributed by atoms with Crippen molar-refractivity contribution in [3.05, 3.63) is 4.91 Å². The molecule has 0 aromatic carbocycles. The Hall–Kier alpha value is -1.00. The van der Waals surface area contributed by atoms with Crippen LogP contribution >= 0.6 is 0 Å². The topological polar surface area (TPSA) is 80.2 Å². The minimum Gasteiger partial charge on any atom is -0.305 e. The van der Waals surface area contributed by atoms with Crippen molar-refractivity contribution in [2.24, 2.45) is 21.4 Å². The molecule has 1 atom stereocenters. The van der Waals surface area contributed by atoms with Gasteiger partial charge in [0.05, 0.1) is 6.04 Å². The molecule has 0 bridgehead atoms. The van der Waals surface area contributed by atoms with E-state index < -0.39 is 0 Å². The Morgan fingerprint density at radius 3 is 2.75 bits per heavy atom. The van der Waals surface area contributed by atoms with Gasteiger partial charge in [0, 0.05) is 0 Å². The lowest BCUT2D eigenvalue weighted by Gasteiger charge is -1.91. The monoisotopic (exact) mass is 116 g/mol. The van der Waals surface area contributed by atoms with Crippen LogP contribution in [0.3, 0.4) is 0 Å². The van der Waals surface area contributed by atoms with Crippen molar-refractivity contribution in [1.82, 2.24) is 0 Å². The highest BCUT2D eigenvalue weighted by Gasteiger charge is 1.94. The van der Waals surface area contributed by atoms with Crippen LogP contribution in [0, 0.1) is 4.91 Å². The predicted octanol–water partition coefficient (Wildman–Crippen LogP) is 0.467. The summed E-state index contributed by atoms with van der Waals surface area (Å²) in [6.45, 7) is 1.85. The smallest absolute Gasteiger partial charge is 0.105 e. The number of nitrogens with two attached hydrogens (primary N) is 1. The van der Waals surface area contributed by atoms with Gasteiger partial charge in [-0.3, -0.25) is 0 Å². The highest BCUT2D eigenvalue weighted by atomic mass is 16.3. The van der Waals surface area contributed by atoms with Crippen molar-refractivity contribution in [2.75, 3.05) is 6.54 Å². The summed E-state index contributed by atoms with van der Waals surface area (Å²) in [5, 5.41) is 9.00. The first kappa shape index (κ1) is 7.00. The summed E-state index contributed by atoms with van der Waals surface area (Å²) in [5.41, 5.74) is 0. The van der Waals surface area contributed by atoms with Gasteiger partial charge in [-0.25, -0.2) is 0 Å². The summed E-state index contributed by atoms with van der Waals surface area (Å²) in [7, 11) is 0. The van der Waals surface area contributed by atoms with Crippen molar-refractivity contribution in [3.63, 3.8) is 0 Å². The molecule has 0 aliphatic heterocycles. The largest absolute Gasteiger partial charge is 0.305 e. The van der Waals surface area contributed by atoms with Crippen LogP contribution in [0.15, 0.2) is 15.5 Å². The van der Waals surface area contributed by atoms with Crippen LogP contribution in [0.25, 0.3) is 0 Å². The Morgan fingerprint density at radius 2 is 2.38 bits per heavy atom. The van der Waals surface area contributed by atoms with Gasteiger partial charge in [0.1, 0.15) is 6.54 Å². The molecule has 0 fully saturated rings. The Balaban J connectivity index is 3.31. The minimum absolute atomic E-state index is 0.140. The summed E-state index contributed by atoms with van der Waals surface area (Å²) in [5.74, 6) is 4.67. The second-order valence-electron chi connectivity index (χ2n) is 1.39. The molecule has 2 N–H and O–H groups in total. The molecule has 0 aromatic heterocycles. The number of hydrogen-bond donors (Lipinski definition) is 1. The highest BCUT2D eigenvalue weighted by Crippen LogP contribution is 1.87. The highest BCUT2D eigenvalue weighted by molar-refractivity contribution is 4.57. The first-order valence-electron chi connectivity index (χ1n) is 2.20. The molecule has 0 rings (SSSR count). The number of nitrogens with zero attached hydrogens (tertiary/aromatic N) is 3. The average Bonchev–Trinajstić information content (AvgIpc) is 1.68. The summed E-state index contributed by atoms with van der Waals surface area (Å²) >= 11 is 0. The van der Waals surface area contributed by atoms with Gasteiger partial charge in [-0.2, -0.15) is 10.0 Å². The Kier molecular flexibility index (Phi) is 3.65. The van der Waals surface area contributed by atoms with E-state index in [2.05, 4.69) is 21.4 Å². The molecule has 5 heteroatoms. The van der Waals surface area contributed by atoms with Crippen molar-refractivity contribution in [2.45, 2.75) is 13.0 Å². The van der Waals surface area contributed by atoms with Crippen LogP contribution in [0.5, 0.6) is 0 Å². The van der Waals surface area contributed by atoms with Crippen LogP contribution in [0.1, 0.15) is 6.92 Å². The summed E-state index contributed by atoms with van der Waals surface area (Å²) in [6, 6.07) is -0.183. The normalized spacial score (nSPS) is 14.1. The van der Waals surface area contributed by atoms with E-state index in [0.29, 0.717) is 0 Å². The number of hydrogen-bond acceptors (Lipinski definition) is 4. The van der Waals surface area contributed by atoms with Crippen molar-refractivity contribution >= 4 is 0 Å². The second kappa shape index (κ2) is 4.17. The quantitative estimate of drug-likeness (QED) is 0.251. The molecular formula is C3H8N4O. The maximum atomic E-state index is 9.50. The molecule has 0 radical (unpaired) electrons. The fourth-order valence-electron chi connectivity index (χ4n) is 0.258. The summed E-state index contributed by atoms with van der Waals surface area (Å²) in [6.07, 6.45) is 0. The molecule has 0 aromatic rings. The Labute approximate surface area is 46.9 Å². The SMILES string of the molecule is CC(CN=O)N=NN. The van der Waals surface area contributed by atoms with E-state index in [0.717, 1.165) is 0 Å². The molecule has 0 aliphatic rings. The van der Waals surface area contributed by atoms with Crippen molar-refractivity contribution in [1.29, 1.82) is 0 Å². The number of nitroso groups, excluding NO2 is 1. The molecule has 5 nitrogen and oxygen atoms in total. The zero-order chi connectivity index (χ0) is 6.41. The zero-order valence-corrected chi connectivity index (χ0v) is 4.61. The van der Waals surface area contributed by atoms with E-state index in [1.165, 1.54) is 0 Å². The molecule has 0 saturated carbocycles. The molecular weight excluding hydrogens is 108 g/mol. The molecule has 0 saturated heterocycles. The lowest BCUT2D eigenvalue weighted by Crippen LogP contribution is -2.01. The van der Waals surface area contributed by atoms with E-state index in [4.69, 9.17) is 0 Å². The van der Waals surface area contributed by atoms with Gasteiger partial charge in [0.25, 0.3) is 0 Å². The zero-order valence-electron chi connectivity index (χ0n) is 4.61. The molecule has 1 unspecified atom stereocenters. The van der Waals surface area contributed by atoms with Gasteiger partial charge in [-0.05, 0) is 6.92 Å². The molecule has 0 spiro atoms. The van der Waals surface area contributed by atoms with Gasteiger partial charge in [0.15, 0.2) is 0 Å². The van der Waals surface area contributed by atoms with Gasteiger partial charge in [0.2, 0.25) is 0 Å². The first-order chi connectivity index (χ1) is 3.81. The standard InChI is InChI=1S/C3H8N4O/c1-3(2-5-8)6-7-4/h3H,2H2,1H3,(H2,4,6). The van der Waals surface area contributed by atoms with Crippen LogP contribution in [0.2, 0.25) is 0 Å². The lowest BCUT2D eigenvalue weighted by molar-refractivity contribution is 0.693. The van der Waals surface area contributed by atoms with Crippen LogP contribution in [-0.2, 0) is 0 Å². The van der Waals surface area contributed by atoms with Crippen LogP contribution in [0.4, 0.5) is 0 Å². The Morgan fingerprint density at radius 1 is 1.75 bits per heavy atom. The summed E-state index contributed by atoms with van der Waals surface area (Å²) < 4.78 is 0. The predicted molar refractivity (Wildman–Crippen MR) is 29.2 cm³/mol. The molecule has 0 amide bonds. The van der Waals surface area contributed by atoms with E-state index in [9.17, 15) is 4.91 Å². The van der Waals surface area contributed by atoms with Crippen LogP contribution < -0.4 is 5.84 Å². The fourth-order valence-corrected chi connectivity index (χ4v) is 0.258. The maximum Gasteiger partial charge on any atom is 0.105 e.